The molecule has 0 aliphatic rings. The van der Waals surface area contributed by atoms with Crippen LogP contribution in [0.3, 0.4) is 0 Å². The Morgan fingerprint density at radius 3 is 2.71 bits per heavy atom. The molecule has 6 nitrogen and oxygen atoms in total. The van der Waals surface area contributed by atoms with Crippen molar-refractivity contribution in [1.82, 2.24) is 15.0 Å². The zero-order chi connectivity index (χ0) is 19.7. The quantitative estimate of drug-likeness (QED) is 0.525. The molecule has 0 fully saturated rings. The van der Waals surface area contributed by atoms with Crippen molar-refractivity contribution in [2.24, 2.45) is 0 Å². The van der Waals surface area contributed by atoms with Gasteiger partial charge in [-0.05, 0) is 43.7 Å². The summed E-state index contributed by atoms with van der Waals surface area (Å²) in [6.45, 7) is 4.97. The molecule has 0 aliphatic carbocycles. The Labute approximate surface area is 168 Å². The molecule has 7 heteroatoms. The Hall–Kier alpha value is -2.77. The van der Waals surface area contributed by atoms with Crippen LogP contribution >= 0.6 is 11.3 Å². The molecule has 4 rings (SSSR count). The van der Waals surface area contributed by atoms with Crippen molar-refractivity contribution in [3.05, 3.63) is 59.1 Å². The monoisotopic (exact) mass is 394 g/mol. The lowest BCUT2D eigenvalue weighted by Gasteiger charge is -2.20. The molecule has 1 atom stereocenters. The zero-order valence-corrected chi connectivity index (χ0v) is 17.3. The van der Waals surface area contributed by atoms with Crippen LogP contribution < -0.4 is 10.2 Å². The number of furan rings is 1. The van der Waals surface area contributed by atoms with E-state index in [2.05, 4.69) is 38.2 Å². The molecule has 0 radical (unpaired) electrons. The van der Waals surface area contributed by atoms with Gasteiger partial charge in [-0.2, -0.15) is 0 Å². The predicted octanol–water partition coefficient (Wildman–Crippen LogP) is 3.26. The van der Waals surface area contributed by atoms with E-state index < -0.39 is 0 Å². The first-order chi connectivity index (χ1) is 13.5. The van der Waals surface area contributed by atoms with Gasteiger partial charge in [-0.15, -0.1) is 11.3 Å². The minimum atomic E-state index is 0.182. The molecule has 4 heterocycles. The molecule has 0 saturated carbocycles. The highest BCUT2D eigenvalue weighted by atomic mass is 32.1. The summed E-state index contributed by atoms with van der Waals surface area (Å²) >= 11 is 1.70. The number of quaternary nitrogens is 1. The third kappa shape index (κ3) is 3.50. The first-order valence-corrected chi connectivity index (χ1v) is 10.1. The number of aryl methyl sites for hydroxylation is 2. The Balaban J connectivity index is 1.74. The van der Waals surface area contributed by atoms with Gasteiger partial charge in [-0.3, -0.25) is 4.98 Å². The highest BCUT2D eigenvalue weighted by Crippen LogP contribution is 2.35. The number of hydrogen-bond donors (Lipinski definition) is 2. The SMILES string of the molecule is Cc1sc2nc(-c3cccnc3)nc(NC[C@@H](c3ccco3)[NH+](C)C)c2c1C. The van der Waals surface area contributed by atoms with Crippen molar-refractivity contribution in [2.45, 2.75) is 19.9 Å². The largest absolute Gasteiger partial charge is 0.463 e. The summed E-state index contributed by atoms with van der Waals surface area (Å²) in [5.41, 5.74) is 2.14. The van der Waals surface area contributed by atoms with Crippen LogP contribution in [0, 0.1) is 13.8 Å². The van der Waals surface area contributed by atoms with E-state index in [0.717, 1.165) is 27.4 Å². The molecule has 28 heavy (non-hydrogen) atoms. The summed E-state index contributed by atoms with van der Waals surface area (Å²) < 4.78 is 5.65. The van der Waals surface area contributed by atoms with Gasteiger partial charge in [0.25, 0.3) is 0 Å². The molecule has 4 aromatic rings. The van der Waals surface area contributed by atoms with Gasteiger partial charge in [0, 0.05) is 22.8 Å². The second-order valence-electron chi connectivity index (χ2n) is 7.13. The van der Waals surface area contributed by atoms with Crippen molar-refractivity contribution in [1.29, 1.82) is 0 Å². The van der Waals surface area contributed by atoms with Crippen molar-refractivity contribution in [3.63, 3.8) is 0 Å². The number of fused-ring (bicyclic) bond motifs is 1. The maximum absolute atomic E-state index is 5.65. The average molecular weight is 395 g/mol. The number of nitrogens with one attached hydrogen (secondary N) is 2. The molecule has 0 bridgehead atoms. The van der Waals surface area contributed by atoms with E-state index in [-0.39, 0.29) is 6.04 Å². The van der Waals surface area contributed by atoms with Crippen molar-refractivity contribution in [2.75, 3.05) is 26.0 Å². The molecule has 2 N–H and O–H groups in total. The first kappa shape index (κ1) is 18.6. The number of likely N-dealkylation sites (N-methyl/N-ethyl adjacent to an activating group) is 1. The lowest BCUT2D eigenvalue weighted by Crippen LogP contribution is -3.06. The van der Waals surface area contributed by atoms with E-state index in [0.29, 0.717) is 12.4 Å². The van der Waals surface area contributed by atoms with Crippen molar-refractivity contribution >= 4 is 27.4 Å². The molecule has 144 valence electrons. The number of aromatic nitrogens is 3. The molecule has 0 aliphatic heterocycles. The molecule has 0 spiro atoms. The van der Waals surface area contributed by atoms with E-state index in [1.165, 1.54) is 15.3 Å². The summed E-state index contributed by atoms with van der Waals surface area (Å²) in [5.74, 6) is 2.52. The molecular formula is C21H24N5OS+. The molecule has 0 amide bonds. The Morgan fingerprint density at radius 2 is 2.04 bits per heavy atom. The summed E-state index contributed by atoms with van der Waals surface area (Å²) in [5, 5.41) is 4.68. The van der Waals surface area contributed by atoms with Gasteiger partial charge < -0.3 is 14.6 Å². The summed E-state index contributed by atoms with van der Waals surface area (Å²) in [6.07, 6.45) is 5.28. The Kier molecular flexibility index (Phi) is 5.11. The lowest BCUT2D eigenvalue weighted by atomic mass is 10.1. The fourth-order valence-corrected chi connectivity index (χ4v) is 4.31. The van der Waals surface area contributed by atoms with Gasteiger partial charge in [0.15, 0.2) is 17.6 Å². The van der Waals surface area contributed by atoms with Crippen LogP contribution in [-0.2, 0) is 0 Å². The van der Waals surface area contributed by atoms with Crippen molar-refractivity contribution in [3.8, 4) is 11.4 Å². The van der Waals surface area contributed by atoms with Crippen molar-refractivity contribution < 1.29 is 9.32 Å². The van der Waals surface area contributed by atoms with Gasteiger partial charge in [-0.25, -0.2) is 9.97 Å². The highest BCUT2D eigenvalue weighted by Gasteiger charge is 2.22. The van der Waals surface area contributed by atoms with Gasteiger partial charge in [0.1, 0.15) is 10.6 Å². The molecular weight excluding hydrogens is 370 g/mol. The second-order valence-corrected chi connectivity index (χ2v) is 8.33. The number of hydrogen-bond acceptors (Lipinski definition) is 6. The van der Waals surface area contributed by atoms with Crippen LogP contribution in [0.4, 0.5) is 5.82 Å². The third-order valence-corrected chi connectivity index (χ3v) is 6.11. The summed E-state index contributed by atoms with van der Waals surface area (Å²) in [6, 6.07) is 8.03. The normalized spacial score (nSPS) is 12.6. The Morgan fingerprint density at radius 1 is 1.18 bits per heavy atom. The van der Waals surface area contributed by atoms with Crippen LogP contribution in [0.15, 0.2) is 47.3 Å². The number of anilines is 1. The first-order valence-electron chi connectivity index (χ1n) is 9.30. The van der Waals surface area contributed by atoms with E-state index in [1.807, 2.05) is 24.3 Å². The summed E-state index contributed by atoms with van der Waals surface area (Å²) in [7, 11) is 4.26. The smallest absolute Gasteiger partial charge is 0.164 e. The van der Waals surface area contributed by atoms with E-state index in [1.54, 1.807) is 30.0 Å². The van der Waals surface area contributed by atoms with E-state index in [9.17, 15) is 0 Å². The molecule has 0 unspecified atom stereocenters. The number of thiophene rings is 1. The van der Waals surface area contributed by atoms with Crippen LogP contribution in [0.25, 0.3) is 21.6 Å². The lowest BCUT2D eigenvalue weighted by molar-refractivity contribution is -0.891. The summed E-state index contributed by atoms with van der Waals surface area (Å²) in [4.78, 5) is 17.4. The number of pyridine rings is 1. The molecule has 0 saturated heterocycles. The topological polar surface area (TPSA) is 68.3 Å². The fourth-order valence-electron chi connectivity index (χ4n) is 3.28. The third-order valence-electron chi connectivity index (χ3n) is 5.01. The maximum atomic E-state index is 5.65. The molecule has 0 aromatic carbocycles. The van der Waals surface area contributed by atoms with Gasteiger partial charge in [0.05, 0.1) is 32.3 Å². The van der Waals surface area contributed by atoms with E-state index in [4.69, 9.17) is 14.4 Å². The van der Waals surface area contributed by atoms with Crippen LogP contribution in [0.2, 0.25) is 0 Å². The minimum absolute atomic E-state index is 0.182. The highest BCUT2D eigenvalue weighted by molar-refractivity contribution is 7.18. The molecule has 4 aromatic heterocycles. The average Bonchev–Trinajstić information content (AvgIpc) is 3.31. The maximum Gasteiger partial charge on any atom is 0.164 e. The zero-order valence-electron chi connectivity index (χ0n) is 16.5. The van der Waals surface area contributed by atoms with Gasteiger partial charge >= 0.3 is 0 Å². The van der Waals surface area contributed by atoms with Gasteiger partial charge in [-0.1, -0.05) is 0 Å². The minimum Gasteiger partial charge on any atom is -0.463 e. The number of nitrogens with zero attached hydrogens (tertiary/aromatic N) is 3. The Bertz CT molecular complexity index is 1070. The van der Waals surface area contributed by atoms with Crippen LogP contribution in [0.5, 0.6) is 0 Å². The predicted molar refractivity (Wildman–Crippen MR) is 113 cm³/mol. The second kappa shape index (κ2) is 7.69. The number of rotatable bonds is 6. The fraction of sp³-hybridized carbons (Fsp3) is 0.286. The van der Waals surface area contributed by atoms with E-state index >= 15 is 0 Å². The van der Waals surface area contributed by atoms with Crippen LogP contribution in [0.1, 0.15) is 22.2 Å². The van der Waals surface area contributed by atoms with Gasteiger partial charge in [0.2, 0.25) is 0 Å². The standard InChI is InChI=1S/C21H23N5OS/c1-13-14(2)28-21-18(13)20(24-19(25-21)15-7-5-9-22-11-15)23-12-16(26(3)4)17-8-6-10-27-17/h5-11,16H,12H2,1-4H3,(H,23,24,25)/p+1/t16-/m0/s1. The van der Waals surface area contributed by atoms with Crippen LogP contribution in [-0.4, -0.2) is 35.6 Å².